The minimum absolute atomic E-state index is 0.0106. The quantitative estimate of drug-likeness (QED) is 0.417. The number of aromatic nitrogens is 1. The molecule has 0 bridgehead atoms. The Morgan fingerprint density at radius 2 is 1.97 bits per heavy atom. The maximum atomic E-state index is 12.2. The minimum Gasteiger partial charge on any atom is -0.465 e. The molecule has 0 saturated heterocycles. The number of carbonyl (C=O) groups is 1. The molecule has 1 aromatic heterocycles. The van der Waals surface area contributed by atoms with Crippen LogP contribution in [0.1, 0.15) is 59.5 Å². The highest BCUT2D eigenvalue weighted by molar-refractivity contribution is 5.99. The smallest absolute Gasteiger partial charge is 0.337 e. The number of benzene rings is 2. The third-order valence-corrected chi connectivity index (χ3v) is 6.29. The van der Waals surface area contributed by atoms with Crippen LogP contribution in [-0.4, -0.2) is 22.8 Å². The average Bonchev–Trinajstić information content (AvgIpc) is 3.12. The number of hydrogen-bond acceptors (Lipinski definition) is 3. The highest BCUT2D eigenvalue weighted by Crippen LogP contribution is 2.45. The summed E-state index contributed by atoms with van der Waals surface area (Å²) in [4.78, 5) is 12.2. The number of aliphatic hydroxyl groups excluding tert-OH is 1. The summed E-state index contributed by atoms with van der Waals surface area (Å²) >= 11 is 0. The van der Waals surface area contributed by atoms with Crippen molar-refractivity contribution in [3.63, 3.8) is 0 Å². The van der Waals surface area contributed by atoms with Crippen LogP contribution in [0, 0.1) is 0 Å². The highest BCUT2D eigenvalue weighted by atomic mass is 16.5. The number of esters is 1. The van der Waals surface area contributed by atoms with Crippen molar-refractivity contribution in [3.8, 4) is 11.3 Å². The summed E-state index contributed by atoms with van der Waals surface area (Å²) in [6.07, 6.45) is 7.98. The van der Waals surface area contributed by atoms with E-state index in [4.69, 9.17) is 4.74 Å². The largest absolute Gasteiger partial charge is 0.465 e. The van der Waals surface area contributed by atoms with Crippen LogP contribution in [0.4, 0.5) is 0 Å². The molecule has 4 rings (SSSR count). The first kappa shape index (κ1) is 20.4. The Bertz CT molecular complexity index is 1070. The SMILES string of the molecule is C=CCn1c(-c2ccccc2CO)c(C2CCCCC2)c2ccc(C(=O)OC)cc21. The van der Waals surface area contributed by atoms with Crippen LogP contribution in [0.2, 0.25) is 0 Å². The van der Waals surface area contributed by atoms with E-state index in [0.717, 1.165) is 22.3 Å². The lowest BCUT2D eigenvalue weighted by atomic mass is 9.81. The third kappa shape index (κ3) is 3.56. The van der Waals surface area contributed by atoms with E-state index in [0.29, 0.717) is 18.0 Å². The van der Waals surface area contributed by atoms with Crippen LogP contribution < -0.4 is 0 Å². The predicted molar refractivity (Wildman–Crippen MR) is 121 cm³/mol. The van der Waals surface area contributed by atoms with E-state index < -0.39 is 0 Å². The monoisotopic (exact) mass is 403 g/mol. The molecule has 156 valence electrons. The maximum absolute atomic E-state index is 12.2. The molecule has 0 aliphatic heterocycles. The Balaban J connectivity index is 2.06. The van der Waals surface area contributed by atoms with Gasteiger partial charge in [0.25, 0.3) is 0 Å². The second-order valence-electron chi connectivity index (χ2n) is 8.04. The first-order valence-corrected chi connectivity index (χ1v) is 10.7. The average molecular weight is 404 g/mol. The van der Waals surface area contributed by atoms with Gasteiger partial charge in [0, 0.05) is 23.0 Å². The molecule has 1 saturated carbocycles. The Morgan fingerprint density at radius 1 is 1.20 bits per heavy atom. The molecule has 4 heteroatoms. The molecule has 0 unspecified atom stereocenters. The van der Waals surface area contributed by atoms with Gasteiger partial charge in [0.15, 0.2) is 0 Å². The summed E-state index contributed by atoms with van der Waals surface area (Å²) in [5.41, 5.74) is 6.01. The van der Waals surface area contributed by atoms with E-state index in [-0.39, 0.29) is 12.6 Å². The van der Waals surface area contributed by atoms with Gasteiger partial charge in [-0.1, -0.05) is 55.7 Å². The van der Waals surface area contributed by atoms with Crippen LogP contribution in [0.5, 0.6) is 0 Å². The van der Waals surface area contributed by atoms with E-state index in [1.54, 1.807) is 0 Å². The molecule has 0 atom stereocenters. The van der Waals surface area contributed by atoms with Gasteiger partial charge in [-0.3, -0.25) is 0 Å². The van der Waals surface area contributed by atoms with Gasteiger partial charge < -0.3 is 14.4 Å². The Kier molecular flexibility index (Phi) is 6.05. The second kappa shape index (κ2) is 8.88. The molecule has 0 amide bonds. The van der Waals surface area contributed by atoms with Crippen molar-refractivity contribution in [3.05, 3.63) is 71.8 Å². The van der Waals surface area contributed by atoms with Crippen molar-refractivity contribution in [2.45, 2.75) is 51.2 Å². The lowest BCUT2D eigenvalue weighted by Crippen LogP contribution is -2.08. The van der Waals surface area contributed by atoms with Crippen molar-refractivity contribution in [1.29, 1.82) is 0 Å². The third-order valence-electron chi connectivity index (χ3n) is 6.29. The number of nitrogens with zero attached hydrogens (tertiary/aromatic N) is 1. The number of rotatable bonds is 6. The van der Waals surface area contributed by atoms with E-state index in [9.17, 15) is 9.90 Å². The lowest BCUT2D eigenvalue weighted by Gasteiger charge is -2.24. The molecule has 0 spiro atoms. The molecular weight excluding hydrogens is 374 g/mol. The molecule has 0 radical (unpaired) electrons. The van der Waals surface area contributed by atoms with E-state index in [2.05, 4.69) is 23.3 Å². The van der Waals surface area contributed by atoms with E-state index >= 15 is 0 Å². The molecule has 1 aliphatic carbocycles. The Hall–Kier alpha value is -2.85. The van der Waals surface area contributed by atoms with E-state index in [1.165, 1.54) is 50.2 Å². The number of allylic oxidation sites excluding steroid dienone is 1. The summed E-state index contributed by atoms with van der Waals surface area (Å²) in [6, 6.07) is 13.9. The number of fused-ring (bicyclic) bond motifs is 1. The molecule has 1 aliphatic rings. The fourth-order valence-corrected chi connectivity index (χ4v) is 4.92. The maximum Gasteiger partial charge on any atom is 0.337 e. The fraction of sp³-hybridized carbons (Fsp3) is 0.346. The van der Waals surface area contributed by atoms with Gasteiger partial charge in [0.1, 0.15) is 0 Å². The van der Waals surface area contributed by atoms with Gasteiger partial charge in [-0.05, 0) is 42.0 Å². The van der Waals surface area contributed by atoms with Crippen LogP contribution >= 0.6 is 0 Å². The zero-order valence-electron chi connectivity index (χ0n) is 17.6. The minimum atomic E-state index is -0.334. The van der Waals surface area contributed by atoms with Crippen LogP contribution in [0.25, 0.3) is 22.2 Å². The highest BCUT2D eigenvalue weighted by Gasteiger charge is 2.27. The summed E-state index contributed by atoms with van der Waals surface area (Å²) in [5, 5.41) is 11.2. The predicted octanol–water partition coefficient (Wildman–Crippen LogP) is 5.82. The zero-order chi connectivity index (χ0) is 21.1. The van der Waals surface area contributed by atoms with Gasteiger partial charge in [0.2, 0.25) is 0 Å². The van der Waals surface area contributed by atoms with Crippen LogP contribution in [-0.2, 0) is 17.9 Å². The molecular formula is C26H29NO3. The topological polar surface area (TPSA) is 51.5 Å². The summed E-state index contributed by atoms with van der Waals surface area (Å²) in [6.45, 7) is 4.59. The van der Waals surface area contributed by atoms with Gasteiger partial charge in [-0.25, -0.2) is 4.79 Å². The molecule has 1 N–H and O–H groups in total. The van der Waals surface area contributed by atoms with Crippen molar-refractivity contribution in [2.75, 3.05) is 7.11 Å². The second-order valence-corrected chi connectivity index (χ2v) is 8.04. The van der Waals surface area contributed by atoms with Crippen molar-refractivity contribution >= 4 is 16.9 Å². The fourth-order valence-electron chi connectivity index (χ4n) is 4.92. The number of carbonyl (C=O) groups excluding carboxylic acids is 1. The van der Waals surface area contributed by atoms with Gasteiger partial charge in [0.05, 0.1) is 25.0 Å². The number of ether oxygens (including phenoxy) is 1. The summed E-state index contributed by atoms with van der Waals surface area (Å²) < 4.78 is 7.20. The summed E-state index contributed by atoms with van der Waals surface area (Å²) in [7, 11) is 1.41. The van der Waals surface area contributed by atoms with Crippen molar-refractivity contribution in [2.24, 2.45) is 0 Å². The van der Waals surface area contributed by atoms with Gasteiger partial charge >= 0.3 is 5.97 Å². The Labute approximate surface area is 177 Å². The standard InChI is InChI=1S/C26H29NO3/c1-3-15-27-23-16-19(26(29)30-2)13-14-22(23)24(18-9-5-4-6-10-18)25(27)21-12-8-7-11-20(21)17-28/h3,7-8,11-14,16,18,28H,1,4-6,9-10,15,17H2,2H3. The van der Waals surface area contributed by atoms with Crippen LogP contribution in [0.15, 0.2) is 55.1 Å². The zero-order valence-corrected chi connectivity index (χ0v) is 17.6. The Morgan fingerprint density at radius 3 is 2.67 bits per heavy atom. The first-order valence-electron chi connectivity index (χ1n) is 10.7. The molecule has 1 heterocycles. The number of methoxy groups -OCH3 is 1. The normalized spacial score (nSPS) is 14.7. The molecule has 1 fully saturated rings. The lowest BCUT2D eigenvalue weighted by molar-refractivity contribution is 0.0601. The number of aliphatic hydroxyl groups is 1. The first-order chi connectivity index (χ1) is 14.7. The van der Waals surface area contributed by atoms with Crippen molar-refractivity contribution < 1.29 is 14.6 Å². The van der Waals surface area contributed by atoms with Gasteiger partial charge in [-0.15, -0.1) is 6.58 Å². The van der Waals surface area contributed by atoms with Gasteiger partial charge in [-0.2, -0.15) is 0 Å². The molecule has 4 nitrogen and oxygen atoms in total. The summed E-state index contributed by atoms with van der Waals surface area (Å²) in [5.74, 6) is 0.137. The molecule has 30 heavy (non-hydrogen) atoms. The molecule has 2 aromatic carbocycles. The van der Waals surface area contributed by atoms with Crippen molar-refractivity contribution in [1.82, 2.24) is 4.57 Å². The van der Waals surface area contributed by atoms with E-state index in [1.807, 2.05) is 36.4 Å². The number of hydrogen-bond donors (Lipinski definition) is 1. The molecule has 3 aromatic rings. The van der Waals surface area contributed by atoms with Crippen LogP contribution in [0.3, 0.4) is 0 Å².